The van der Waals surface area contributed by atoms with Crippen LogP contribution in [0.1, 0.15) is 24.5 Å². The van der Waals surface area contributed by atoms with Gasteiger partial charge in [-0.3, -0.25) is 14.5 Å². The summed E-state index contributed by atoms with van der Waals surface area (Å²) in [5.41, 5.74) is 0.510. The Morgan fingerprint density at radius 2 is 2.11 bits per heavy atom. The molecule has 0 aromatic heterocycles. The molecule has 2 amide bonds. The third kappa shape index (κ3) is 4.42. The first-order valence-corrected chi connectivity index (χ1v) is 13.3. The average molecular weight is 556 g/mol. The zero-order valence-corrected chi connectivity index (χ0v) is 22.4. The molecule has 3 aliphatic rings. The van der Waals surface area contributed by atoms with Crippen LogP contribution < -0.4 is 15.4 Å². The molecular weight excluding hydrogens is 528 g/mol. The highest BCUT2D eigenvalue weighted by Gasteiger charge is 2.69. The topological polar surface area (TPSA) is 70.7 Å². The fourth-order valence-electron chi connectivity index (χ4n) is 6.18. The Morgan fingerprint density at radius 3 is 2.87 bits per heavy atom. The van der Waals surface area contributed by atoms with E-state index in [1.165, 1.54) is 18.2 Å². The summed E-state index contributed by atoms with van der Waals surface area (Å²) < 4.78 is 22.0. The zero-order chi connectivity index (χ0) is 27.0. The summed E-state index contributed by atoms with van der Waals surface area (Å²) >= 11 is 12.1. The molecule has 0 aliphatic carbocycles. The number of anilines is 1. The van der Waals surface area contributed by atoms with Crippen molar-refractivity contribution < 1.29 is 18.7 Å². The number of piperidine rings is 1. The maximum absolute atomic E-state index is 16.3. The van der Waals surface area contributed by atoms with Crippen molar-refractivity contribution in [3.8, 4) is 5.75 Å². The van der Waals surface area contributed by atoms with Gasteiger partial charge in [-0.2, -0.15) is 0 Å². The SMILES string of the molecule is C=C(Cl)/C=C\C=C(/F)[C@H]1[C@@H]2C(=O)NCC[C@@H]2N(Cc2cccc(OCC)c2)[C@@]12C(=O)Nc1cc(Cl)ccc12. The van der Waals surface area contributed by atoms with Crippen molar-refractivity contribution in [3.05, 3.63) is 94.3 Å². The normalized spacial score (nSPS) is 26.8. The molecular formula is C29H28Cl2FN3O3. The molecule has 2 aromatic rings. The predicted molar refractivity (Wildman–Crippen MR) is 147 cm³/mol. The van der Waals surface area contributed by atoms with Crippen molar-refractivity contribution in [1.29, 1.82) is 0 Å². The number of nitrogens with one attached hydrogen (secondary N) is 2. The number of amides is 2. The maximum atomic E-state index is 16.3. The second-order valence-electron chi connectivity index (χ2n) is 9.63. The summed E-state index contributed by atoms with van der Waals surface area (Å²) in [7, 11) is 0. The lowest BCUT2D eigenvalue weighted by molar-refractivity contribution is -0.129. The number of allylic oxidation sites excluding steroid dienone is 4. The number of nitrogens with zero attached hydrogens (tertiary/aromatic N) is 1. The van der Waals surface area contributed by atoms with E-state index in [1.54, 1.807) is 18.2 Å². The van der Waals surface area contributed by atoms with Crippen LogP contribution in [0.3, 0.4) is 0 Å². The number of fused-ring (bicyclic) bond motifs is 3. The van der Waals surface area contributed by atoms with Crippen molar-refractivity contribution in [2.24, 2.45) is 11.8 Å². The quantitative estimate of drug-likeness (QED) is 0.431. The molecule has 9 heteroatoms. The van der Waals surface area contributed by atoms with Crippen LogP contribution in [-0.4, -0.2) is 35.9 Å². The first-order valence-electron chi connectivity index (χ1n) is 12.5. The van der Waals surface area contributed by atoms with Gasteiger partial charge in [0.2, 0.25) is 11.8 Å². The molecule has 38 heavy (non-hydrogen) atoms. The molecule has 0 saturated carbocycles. The average Bonchev–Trinajstić information content (AvgIpc) is 3.32. The smallest absolute Gasteiger partial charge is 0.250 e. The molecule has 6 nitrogen and oxygen atoms in total. The number of rotatable bonds is 7. The van der Waals surface area contributed by atoms with E-state index in [0.717, 1.165) is 5.56 Å². The molecule has 4 atom stereocenters. The Kier molecular flexibility index (Phi) is 7.36. The lowest BCUT2D eigenvalue weighted by Gasteiger charge is -2.39. The van der Waals surface area contributed by atoms with Crippen molar-refractivity contribution in [1.82, 2.24) is 10.2 Å². The van der Waals surface area contributed by atoms with Crippen LogP contribution in [0.2, 0.25) is 5.02 Å². The van der Waals surface area contributed by atoms with Crippen molar-refractivity contribution >= 4 is 40.7 Å². The first-order chi connectivity index (χ1) is 18.3. The fraction of sp³-hybridized carbons (Fsp3) is 0.310. The van der Waals surface area contributed by atoms with Crippen LogP contribution in [0.5, 0.6) is 5.75 Å². The largest absolute Gasteiger partial charge is 0.494 e. The van der Waals surface area contributed by atoms with Crippen molar-refractivity contribution in [2.45, 2.75) is 31.5 Å². The number of likely N-dealkylation sites (tertiary alicyclic amines) is 1. The molecule has 0 radical (unpaired) electrons. The van der Waals surface area contributed by atoms with Gasteiger partial charge in [0.1, 0.15) is 17.1 Å². The minimum absolute atomic E-state index is 0.234. The van der Waals surface area contributed by atoms with E-state index in [1.807, 2.05) is 36.1 Å². The lowest BCUT2D eigenvalue weighted by atomic mass is 9.73. The summed E-state index contributed by atoms with van der Waals surface area (Å²) in [5.74, 6) is -2.44. The third-order valence-electron chi connectivity index (χ3n) is 7.50. The molecule has 3 aliphatic heterocycles. The Balaban J connectivity index is 1.72. The van der Waals surface area contributed by atoms with Gasteiger partial charge in [0, 0.05) is 40.4 Å². The molecule has 0 bridgehead atoms. The summed E-state index contributed by atoms with van der Waals surface area (Å²) in [6.45, 7) is 6.76. The van der Waals surface area contributed by atoms with Crippen LogP contribution in [0, 0.1) is 11.8 Å². The molecule has 3 heterocycles. The number of hydrogen-bond acceptors (Lipinski definition) is 4. The molecule has 198 valence electrons. The van der Waals surface area contributed by atoms with Gasteiger partial charge < -0.3 is 15.4 Å². The van der Waals surface area contributed by atoms with Gasteiger partial charge in [0.15, 0.2) is 0 Å². The number of ether oxygens (including phenoxy) is 1. The van der Waals surface area contributed by atoms with Crippen LogP contribution >= 0.6 is 23.2 Å². The van der Waals surface area contributed by atoms with Gasteiger partial charge in [-0.05, 0) is 55.3 Å². The van der Waals surface area contributed by atoms with Gasteiger partial charge in [-0.15, -0.1) is 0 Å². The predicted octanol–water partition coefficient (Wildman–Crippen LogP) is 5.68. The van der Waals surface area contributed by atoms with E-state index in [9.17, 15) is 9.59 Å². The molecule has 2 aromatic carbocycles. The van der Waals surface area contributed by atoms with Crippen molar-refractivity contribution in [3.63, 3.8) is 0 Å². The van der Waals surface area contributed by atoms with Gasteiger partial charge >= 0.3 is 0 Å². The van der Waals surface area contributed by atoms with Gasteiger partial charge in [0.25, 0.3) is 0 Å². The number of hydrogen-bond donors (Lipinski definition) is 2. The zero-order valence-electron chi connectivity index (χ0n) is 20.8. The van der Waals surface area contributed by atoms with Gasteiger partial charge in [-0.1, -0.05) is 54.1 Å². The minimum atomic E-state index is -1.48. The summed E-state index contributed by atoms with van der Waals surface area (Å²) in [4.78, 5) is 29.4. The molecule has 1 spiro atoms. The molecule has 0 unspecified atom stereocenters. The minimum Gasteiger partial charge on any atom is -0.494 e. The molecule has 2 saturated heterocycles. The van der Waals surface area contributed by atoms with E-state index >= 15 is 4.39 Å². The number of carbonyl (C=O) groups excluding carboxylic acids is 2. The van der Waals surface area contributed by atoms with Crippen LogP contribution in [0.25, 0.3) is 0 Å². The highest BCUT2D eigenvalue weighted by molar-refractivity contribution is 6.31. The fourth-order valence-corrected chi connectivity index (χ4v) is 6.43. The van der Waals surface area contributed by atoms with E-state index in [4.69, 9.17) is 27.9 Å². The Hall–Kier alpha value is -3.13. The Labute approximate surface area is 231 Å². The molecule has 5 rings (SSSR count). The lowest BCUT2D eigenvalue weighted by Crippen LogP contribution is -2.52. The standard InChI is InChI=1S/C29H28Cl2FN3O3/c1-3-38-20-8-5-7-18(14-20)16-35-24-12-13-33-27(36)25(24)26(22(32)9-4-6-17(2)30)29(35)21-11-10-19(31)15-23(21)34-28(29)37/h4-11,14-15,24-26H,2-3,12-13,16H2,1H3,(H,33,36)(H,34,37)/b6-4-,22-9-/t24-,25+,26-,29+/m0/s1. The van der Waals surface area contributed by atoms with E-state index in [-0.39, 0.29) is 17.0 Å². The monoisotopic (exact) mass is 555 g/mol. The highest BCUT2D eigenvalue weighted by Crippen LogP contribution is 2.59. The van der Waals surface area contributed by atoms with Gasteiger partial charge in [0.05, 0.1) is 18.4 Å². The Morgan fingerprint density at radius 1 is 1.29 bits per heavy atom. The number of carbonyl (C=O) groups is 2. The van der Waals surface area contributed by atoms with Crippen LogP contribution in [0.4, 0.5) is 10.1 Å². The van der Waals surface area contributed by atoms with E-state index < -0.39 is 29.1 Å². The van der Waals surface area contributed by atoms with Gasteiger partial charge in [-0.25, -0.2) is 4.39 Å². The third-order valence-corrected chi connectivity index (χ3v) is 7.86. The number of halogens is 3. The molecule has 2 fully saturated rings. The second kappa shape index (κ2) is 10.6. The summed E-state index contributed by atoms with van der Waals surface area (Å²) in [5, 5.41) is 6.51. The maximum Gasteiger partial charge on any atom is 0.250 e. The second-order valence-corrected chi connectivity index (χ2v) is 10.5. The Bertz CT molecular complexity index is 1360. The molecule has 2 N–H and O–H groups in total. The van der Waals surface area contributed by atoms with Crippen molar-refractivity contribution in [2.75, 3.05) is 18.5 Å². The van der Waals surface area contributed by atoms with E-state index in [2.05, 4.69) is 17.2 Å². The van der Waals surface area contributed by atoms with Crippen LogP contribution in [0.15, 0.2) is 78.1 Å². The summed E-state index contributed by atoms with van der Waals surface area (Å²) in [6.07, 6.45) is 4.73. The number of benzene rings is 2. The highest BCUT2D eigenvalue weighted by atomic mass is 35.5. The summed E-state index contributed by atoms with van der Waals surface area (Å²) in [6, 6.07) is 12.3. The van der Waals surface area contributed by atoms with Crippen LogP contribution in [-0.2, 0) is 21.7 Å². The van der Waals surface area contributed by atoms with E-state index in [0.29, 0.717) is 48.1 Å². The first kappa shape index (κ1) is 26.5.